The zero-order valence-corrected chi connectivity index (χ0v) is 20.2. The number of para-hydroxylation sites is 1. The minimum atomic E-state index is -0.695. The van der Waals surface area contributed by atoms with E-state index in [0.717, 1.165) is 11.4 Å². The number of esters is 1. The van der Waals surface area contributed by atoms with Crippen molar-refractivity contribution in [3.63, 3.8) is 0 Å². The van der Waals surface area contributed by atoms with Gasteiger partial charge in [0.25, 0.3) is 5.91 Å². The molecule has 0 radical (unpaired) electrons. The first-order chi connectivity index (χ1) is 17.5. The summed E-state index contributed by atoms with van der Waals surface area (Å²) in [4.78, 5) is 48.8. The van der Waals surface area contributed by atoms with E-state index in [1.165, 1.54) is 6.92 Å². The number of fused-ring (bicyclic) bond motifs is 2. The van der Waals surface area contributed by atoms with E-state index >= 15 is 0 Å². The third-order valence-corrected chi connectivity index (χ3v) is 6.67. The molecule has 8 heteroatoms. The maximum atomic E-state index is 13.7. The number of hydrogen-bond donors (Lipinski definition) is 0. The number of ether oxygens (including phenoxy) is 1. The molecule has 2 aromatic carbocycles. The molecule has 0 saturated carbocycles. The van der Waals surface area contributed by atoms with Crippen molar-refractivity contribution < 1.29 is 19.1 Å². The van der Waals surface area contributed by atoms with Crippen LogP contribution in [0.2, 0.25) is 0 Å². The van der Waals surface area contributed by atoms with E-state index < -0.39 is 12.1 Å². The standard InChI is InChI=1S/C28H28N4O4/c1-20(33)36-27-21-8-2-3-9-22(21)28(35)32(24-11-5-4-10-23(24)27)15-13-26(34)31-18-16-30(17-19-31)25-12-6-7-14-29-25/h2-12,14,27H,13,15-19H2,1H3. The van der Waals surface area contributed by atoms with Crippen molar-refractivity contribution in [2.45, 2.75) is 19.4 Å². The number of anilines is 2. The lowest BCUT2D eigenvalue weighted by atomic mass is 9.97. The van der Waals surface area contributed by atoms with Gasteiger partial charge in [-0.05, 0) is 24.3 Å². The maximum Gasteiger partial charge on any atom is 0.303 e. The molecule has 1 fully saturated rings. The molecule has 3 heterocycles. The van der Waals surface area contributed by atoms with Crippen LogP contribution >= 0.6 is 0 Å². The SMILES string of the molecule is CC(=O)OC1c2ccccc2C(=O)N(CCC(=O)N2CCN(c3ccccn3)CC2)c2ccccc21. The number of nitrogens with zero attached hydrogens (tertiary/aromatic N) is 4. The molecular formula is C28H28N4O4. The second-order valence-electron chi connectivity index (χ2n) is 8.90. The van der Waals surface area contributed by atoms with Gasteiger partial charge in [0.2, 0.25) is 5.91 Å². The molecule has 5 rings (SSSR count). The summed E-state index contributed by atoms with van der Waals surface area (Å²) in [7, 11) is 0. The normalized spacial score (nSPS) is 17.2. The molecular weight excluding hydrogens is 456 g/mol. The molecule has 1 atom stereocenters. The summed E-state index contributed by atoms with van der Waals surface area (Å²) in [5.74, 6) is 0.290. The molecule has 0 spiro atoms. The van der Waals surface area contributed by atoms with Gasteiger partial charge in [0.1, 0.15) is 5.82 Å². The minimum absolute atomic E-state index is 0.00928. The van der Waals surface area contributed by atoms with E-state index in [9.17, 15) is 14.4 Å². The van der Waals surface area contributed by atoms with Crippen LogP contribution in [0.5, 0.6) is 0 Å². The van der Waals surface area contributed by atoms with Crippen LogP contribution in [-0.2, 0) is 14.3 Å². The van der Waals surface area contributed by atoms with Gasteiger partial charge in [-0.3, -0.25) is 14.4 Å². The number of hydrogen-bond acceptors (Lipinski definition) is 6. The lowest BCUT2D eigenvalue weighted by molar-refractivity contribution is -0.144. The Hall–Kier alpha value is -4.20. The Balaban J connectivity index is 1.34. The highest BCUT2D eigenvalue weighted by molar-refractivity contribution is 6.09. The summed E-state index contributed by atoms with van der Waals surface area (Å²) < 4.78 is 5.69. The van der Waals surface area contributed by atoms with Crippen molar-refractivity contribution >= 4 is 29.3 Å². The number of piperazine rings is 1. The van der Waals surface area contributed by atoms with Gasteiger partial charge in [0.15, 0.2) is 6.10 Å². The van der Waals surface area contributed by atoms with Crippen LogP contribution in [0.15, 0.2) is 72.9 Å². The molecule has 0 aliphatic carbocycles. The Morgan fingerprint density at radius 3 is 2.33 bits per heavy atom. The highest BCUT2D eigenvalue weighted by atomic mass is 16.5. The van der Waals surface area contributed by atoms with Gasteiger partial charge >= 0.3 is 5.97 Å². The number of benzene rings is 2. The van der Waals surface area contributed by atoms with Gasteiger partial charge < -0.3 is 19.4 Å². The molecule has 8 nitrogen and oxygen atoms in total. The van der Waals surface area contributed by atoms with Crippen LogP contribution in [0.4, 0.5) is 11.5 Å². The van der Waals surface area contributed by atoms with E-state index in [4.69, 9.17) is 4.74 Å². The summed E-state index contributed by atoms with van der Waals surface area (Å²) in [6, 6.07) is 20.4. The smallest absolute Gasteiger partial charge is 0.303 e. The summed E-state index contributed by atoms with van der Waals surface area (Å²) in [6.45, 7) is 4.24. The Labute approximate surface area is 210 Å². The monoisotopic (exact) mass is 484 g/mol. The number of rotatable bonds is 5. The Morgan fingerprint density at radius 1 is 0.917 bits per heavy atom. The molecule has 184 valence electrons. The molecule has 1 unspecified atom stereocenters. The fraction of sp³-hybridized carbons (Fsp3) is 0.286. The predicted octanol–water partition coefficient (Wildman–Crippen LogP) is 3.43. The quantitative estimate of drug-likeness (QED) is 0.516. The number of aromatic nitrogens is 1. The number of amides is 2. The van der Waals surface area contributed by atoms with E-state index in [1.807, 2.05) is 59.5 Å². The van der Waals surface area contributed by atoms with Crippen LogP contribution in [0.25, 0.3) is 0 Å². The summed E-state index contributed by atoms with van der Waals surface area (Å²) in [6.07, 6.45) is 1.27. The highest BCUT2D eigenvalue weighted by Gasteiger charge is 2.34. The third-order valence-electron chi connectivity index (χ3n) is 6.67. The number of pyridine rings is 1. The zero-order chi connectivity index (χ0) is 25.1. The van der Waals surface area contributed by atoms with Gasteiger partial charge in [-0.1, -0.05) is 42.5 Å². The fourth-order valence-electron chi connectivity index (χ4n) is 4.90. The summed E-state index contributed by atoms with van der Waals surface area (Å²) in [5, 5.41) is 0. The lowest BCUT2D eigenvalue weighted by Crippen LogP contribution is -2.49. The molecule has 2 aliphatic rings. The first-order valence-electron chi connectivity index (χ1n) is 12.1. The average molecular weight is 485 g/mol. The molecule has 1 aromatic heterocycles. The van der Waals surface area contributed by atoms with Gasteiger partial charge in [0.05, 0.1) is 5.69 Å². The van der Waals surface area contributed by atoms with Gasteiger partial charge in [-0.15, -0.1) is 0 Å². The van der Waals surface area contributed by atoms with Crippen LogP contribution in [0.1, 0.15) is 40.9 Å². The molecule has 1 saturated heterocycles. The third kappa shape index (κ3) is 4.66. The average Bonchev–Trinajstić information content (AvgIpc) is 3.01. The van der Waals surface area contributed by atoms with E-state index in [0.29, 0.717) is 43.0 Å². The van der Waals surface area contributed by atoms with E-state index in [1.54, 1.807) is 23.2 Å². The zero-order valence-electron chi connectivity index (χ0n) is 20.2. The predicted molar refractivity (Wildman–Crippen MR) is 136 cm³/mol. The van der Waals surface area contributed by atoms with Crippen LogP contribution < -0.4 is 9.80 Å². The number of carbonyl (C=O) groups is 3. The van der Waals surface area contributed by atoms with E-state index in [-0.39, 0.29) is 24.8 Å². The van der Waals surface area contributed by atoms with Crippen LogP contribution in [0.3, 0.4) is 0 Å². The summed E-state index contributed by atoms with van der Waals surface area (Å²) in [5.41, 5.74) is 2.49. The summed E-state index contributed by atoms with van der Waals surface area (Å²) >= 11 is 0. The molecule has 3 aromatic rings. The number of carbonyl (C=O) groups excluding carboxylic acids is 3. The Morgan fingerprint density at radius 2 is 1.61 bits per heavy atom. The van der Waals surface area contributed by atoms with Crippen LogP contribution in [0, 0.1) is 0 Å². The first kappa shape index (κ1) is 23.5. The Bertz CT molecular complexity index is 1270. The second kappa shape index (κ2) is 10.2. The van der Waals surface area contributed by atoms with Crippen LogP contribution in [-0.4, -0.2) is 60.4 Å². The van der Waals surface area contributed by atoms with Crippen molar-refractivity contribution in [1.29, 1.82) is 0 Å². The topological polar surface area (TPSA) is 83.0 Å². The molecule has 36 heavy (non-hydrogen) atoms. The first-order valence-corrected chi connectivity index (χ1v) is 12.1. The van der Waals surface area contributed by atoms with Gasteiger partial charge in [0, 0.05) is 69.0 Å². The van der Waals surface area contributed by atoms with Crippen molar-refractivity contribution in [2.75, 3.05) is 42.5 Å². The largest absolute Gasteiger partial charge is 0.453 e. The van der Waals surface area contributed by atoms with E-state index in [2.05, 4.69) is 9.88 Å². The van der Waals surface area contributed by atoms with Crippen molar-refractivity contribution in [1.82, 2.24) is 9.88 Å². The Kier molecular flexibility index (Phi) is 6.66. The van der Waals surface area contributed by atoms with Crippen molar-refractivity contribution in [3.8, 4) is 0 Å². The molecule has 0 bridgehead atoms. The molecule has 2 aliphatic heterocycles. The minimum Gasteiger partial charge on any atom is -0.453 e. The lowest BCUT2D eigenvalue weighted by Gasteiger charge is -2.35. The fourth-order valence-corrected chi connectivity index (χ4v) is 4.90. The molecule has 0 N–H and O–H groups in total. The van der Waals surface area contributed by atoms with Gasteiger partial charge in [-0.25, -0.2) is 4.98 Å². The highest BCUT2D eigenvalue weighted by Crippen LogP contribution is 2.39. The maximum absolute atomic E-state index is 13.7. The van der Waals surface area contributed by atoms with Gasteiger partial charge in [-0.2, -0.15) is 0 Å². The molecule has 2 amide bonds. The van der Waals surface area contributed by atoms with Crippen molar-refractivity contribution in [3.05, 3.63) is 89.6 Å². The van der Waals surface area contributed by atoms with Crippen molar-refractivity contribution in [2.24, 2.45) is 0 Å². The second-order valence-corrected chi connectivity index (χ2v) is 8.90.